The summed E-state index contributed by atoms with van der Waals surface area (Å²) in [5, 5.41) is 0. The van der Waals surface area contributed by atoms with Crippen molar-refractivity contribution in [2.24, 2.45) is 0 Å². The number of ether oxygens (including phenoxy) is 3. The minimum absolute atomic E-state index is 0.111. The lowest BCUT2D eigenvalue weighted by molar-refractivity contribution is -0.167. The van der Waals surface area contributed by atoms with Gasteiger partial charge in [-0.2, -0.15) is 0 Å². The van der Waals surface area contributed by atoms with Crippen molar-refractivity contribution in [1.82, 2.24) is 0 Å². The molecule has 0 aliphatic carbocycles. The molecular weight excluding hydrogens is 733 g/mol. The van der Waals surface area contributed by atoms with E-state index < -0.39 is 6.10 Å². The van der Waals surface area contributed by atoms with Crippen molar-refractivity contribution < 1.29 is 28.6 Å². The highest BCUT2D eigenvalue weighted by Crippen LogP contribution is 2.12. The maximum Gasteiger partial charge on any atom is 0.306 e. The Morgan fingerprint density at radius 2 is 0.712 bits per heavy atom. The summed E-state index contributed by atoms with van der Waals surface area (Å²) in [6, 6.07) is 0. The van der Waals surface area contributed by atoms with E-state index in [0.717, 1.165) is 96.3 Å². The fourth-order valence-corrected chi connectivity index (χ4v) is 6.52. The number of hydrogen-bond acceptors (Lipinski definition) is 6. The Labute approximate surface area is 363 Å². The molecule has 0 aromatic rings. The predicted molar refractivity (Wildman–Crippen MR) is 251 cm³/mol. The second kappa shape index (κ2) is 47.5. The van der Waals surface area contributed by atoms with Crippen LogP contribution in [0.5, 0.6) is 0 Å². The maximum absolute atomic E-state index is 12.7. The first-order valence-electron chi connectivity index (χ1n) is 24.5. The largest absolute Gasteiger partial charge is 0.462 e. The van der Waals surface area contributed by atoms with Crippen molar-refractivity contribution in [3.63, 3.8) is 0 Å². The van der Waals surface area contributed by atoms with Crippen LogP contribution in [-0.4, -0.2) is 37.2 Å². The molecule has 0 N–H and O–H groups in total. The van der Waals surface area contributed by atoms with Gasteiger partial charge in [-0.05, 0) is 96.3 Å². The normalized spacial score (nSPS) is 12.7. The van der Waals surface area contributed by atoms with Crippen LogP contribution in [0, 0.1) is 0 Å². The van der Waals surface area contributed by atoms with E-state index >= 15 is 0 Å². The zero-order valence-electron chi connectivity index (χ0n) is 38.5. The number of hydrogen-bond donors (Lipinski definition) is 0. The lowest BCUT2D eigenvalue weighted by Crippen LogP contribution is -2.30. The molecule has 6 nitrogen and oxygen atoms in total. The first kappa shape index (κ1) is 55.9. The van der Waals surface area contributed by atoms with Gasteiger partial charge in [-0.25, -0.2) is 0 Å². The molecule has 0 aromatic heterocycles. The van der Waals surface area contributed by atoms with Gasteiger partial charge >= 0.3 is 17.9 Å². The molecular formula is C53H90O6. The Bertz CT molecular complexity index is 1130. The second-order valence-electron chi connectivity index (χ2n) is 16.0. The highest BCUT2D eigenvalue weighted by Gasteiger charge is 2.19. The van der Waals surface area contributed by atoms with Crippen LogP contribution < -0.4 is 0 Å². The zero-order valence-corrected chi connectivity index (χ0v) is 38.5. The van der Waals surface area contributed by atoms with Crippen LogP contribution in [0.3, 0.4) is 0 Å². The van der Waals surface area contributed by atoms with E-state index in [1.807, 2.05) is 0 Å². The van der Waals surface area contributed by atoms with Gasteiger partial charge < -0.3 is 14.2 Å². The summed E-state index contributed by atoms with van der Waals surface area (Å²) in [6.07, 6.45) is 59.0. The van der Waals surface area contributed by atoms with Gasteiger partial charge in [0, 0.05) is 19.3 Å². The molecule has 1 atom stereocenters. The predicted octanol–water partition coefficient (Wildman–Crippen LogP) is 15.9. The van der Waals surface area contributed by atoms with Crippen molar-refractivity contribution in [2.45, 2.75) is 232 Å². The van der Waals surface area contributed by atoms with Gasteiger partial charge in [0.05, 0.1) is 0 Å². The van der Waals surface area contributed by atoms with Gasteiger partial charge in [-0.3, -0.25) is 14.4 Å². The van der Waals surface area contributed by atoms with E-state index in [1.54, 1.807) is 0 Å². The summed E-state index contributed by atoms with van der Waals surface area (Å²) in [4.78, 5) is 37.8. The second-order valence-corrected chi connectivity index (χ2v) is 16.0. The molecule has 0 aliphatic heterocycles. The van der Waals surface area contributed by atoms with Crippen LogP contribution in [0.4, 0.5) is 0 Å². The lowest BCUT2D eigenvalue weighted by atomic mass is 10.1. The molecule has 0 heterocycles. The summed E-state index contributed by atoms with van der Waals surface area (Å²) < 4.78 is 16.6. The average Bonchev–Trinajstić information content (AvgIpc) is 3.23. The number of unbranched alkanes of at least 4 members (excludes halogenated alkanes) is 22. The van der Waals surface area contributed by atoms with E-state index in [1.165, 1.54) is 89.9 Å². The van der Waals surface area contributed by atoms with E-state index in [9.17, 15) is 14.4 Å². The van der Waals surface area contributed by atoms with Gasteiger partial charge in [-0.15, -0.1) is 0 Å². The quantitative estimate of drug-likeness (QED) is 0.0200. The topological polar surface area (TPSA) is 78.9 Å². The standard InChI is InChI=1S/C53H90O6/c1-4-7-10-13-16-19-21-23-25-27-29-31-34-37-40-43-46-52(55)58-49-50(48-57-51(54)45-42-39-36-33-18-15-12-9-6-3)59-53(56)47-44-41-38-35-32-30-28-26-24-22-20-17-14-11-8-5-2/h9,12,18,25-33,50H,4-8,10-11,13-17,19-24,34-49H2,1-3H3/b12-9-,27-25-,28-26-,31-29-,32-30-,33-18-. The Kier molecular flexibility index (Phi) is 45.0. The van der Waals surface area contributed by atoms with Gasteiger partial charge in [0.2, 0.25) is 0 Å². The first-order valence-corrected chi connectivity index (χ1v) is 24.5. The van der Waals surface area contributed by atoms with Gasteiger partial charge in [-0.1, -0.05) is 184 Å². The molecule has 0 saturated heterocycles. The molecule has 0 bridgehead atoms. The molecule has 0 fully saturated rings. The molecule has 6 heteroatoms. The molecule has 0 radical (unpaired) electrons. The Balaban J connectivity index is 4.46. The highest BCUT2D eigenvalue weighted by atomic mass is 16.6. The summed E-state index contributed by atoms with van der Waals surface area (Å²) in [5.74, 6) is -1.00. The third-order valence-corrected chi connectivity index (χ3v) is 10.2. The minimum atomic E-state index is -0.811. The van der Waals surface area contributed by atoms with E-state index in [4.69, 9.17) is 14.2 Å². The van der Waals surface area contributed by atoms with Crippen LogP contribution >= 0.6 is 0 Å². The fourth-order valence-electron chi connectivity index (χ4n) is 6.52. The average molecular weight is 823 g/mol. The molecule has 0 saturated carbocycles. The van der Waals surface area contributed by atoms with E-state index in [2.05, 4.69) is 93.7 Å². The summed E-state index contributed by atoms with van der Waals surface area (Å²) in [7, 11) is 0. The van der Waals surface area contributed by atoms with Gasteiger partial charge in [0.1, 0.15) is 13.2 Å². The number of allylic oxidation sites excluding steroid dienone is 12. The van der Waals surface area contributed by atoms with E-state index in [-0.39, 0.29) is 37.5 Å². The Morgan fingerprint density at radius 1 is 0.373 bits per heavy atom. The van der Waals surface area contributed by atoms with E-state index in [0.29, 0.717) is 12.8 Å². The van der Waals surface area contributed by atoms with Crippen molar-refractivity contribution in [2.75, 3.05) is 13.2 Å². The van der Waals surface area contributed by atoms with Crippen molar-refractivity contribution in [3.05, 3.63) is 72.9 Å². The maximum atomic E-state index is 12.7. The third kappa shape index (κ3) is 45.8. The highest BCUT2D eigenvalue weighted by molar-refractivity contribution is 5.71. The Hall–Kier alpha value is -3.15. The van der Waals surface area contributed by atoms with Crippen LogP contribution in [0.1, 0.15) is 226 Å². The molecule has 0 amide bonds. The smallest absolute Gasteiger partial charge is 0.306 e. The molecule has 0 rings (SSSR count). The van der Waals surface area contributed by atoms with Gasteiger partial charge in [0.15, 0.2) is 6.10 Å². The Morgan fingerprint density at radius 3 is 1.15 bits per heavy atom. The number of carbonyl (C=O) groups excluding carboxylic acids is 3. The minimum Gasteiger partial charge on any atom is -0.462 e. The SMILES string of the molecule is CC/C=C\C/C=C\CCCCC(=O)OCC(COC(=O)CCCCC/C=C\C=C/CCCCCCCCC)OC(=O)CCCCC/C=C\C=C/CCCCCCCCC. The number of esters is 3. The number of carbonyl (C=O) groups is 3. The summed E-state index contributed by atoms with van der Waals surface area (Å²) in [5.41, 5.74) is 0. The summed E-state index contributed by atoms with van der Waals surface area (Å²) in [6.45, 7) is 6.41. The van der Waals surface area contributed by atoms with Crippen LogP contribution in [0.25, 0.3) is 0 Å². The van der Waals surface area contributed by atoms with Crippen molar-refractivity contribution >= 4 is 17.9 Å². The monoisotopic (exact) mass is 823 g/mol. The van der Waals surface area contributed by atoms with Crippen molar-refractivity contribution in [3.8, 4) is 0 Å². The molecule has 0 aliphatic rings. The fraction of sp³-hybridized carbons (Fsp3) is 0.717. The number of rotatable bonds is 43. The van der Waals surface area contributed by atoms with Gasteiger partial charge in [0.25, 0.3) is 0 Å². The zero-order chi connectivity index (χ0) is 43.0. The van der Waals surface area contributed by atoms with Crippen LogP contribution in [0.2, 0.25) is 0 Å². The van der Waals surface area contributed by atoms with Crippen LogP contribution in [-0.2, 0) is 28.6 Å². The molecule has 0 spiro atoms. The lowest BCUT2D eigenvalue weighted by Gasteiger charge is -2.18. The third-order valence-electron chi connectivity index (χ3n) is 10.2. The molecule has 0 aromatic carbocycles. The first-order chi connectivity index (χ1) is 29.0. The molecule has 59 heavy (non-hydrogen) atoms. The molecule has 1 unspecified atom stereocenters. The summed E-state index contributed by atoms with van der Waals surface area (Å²) >= 11 is 0. The van der Waals surface area contributed by atoms with Crippen LogP contribution in [0.15, 0.2) is 72.9 Å². The molecule has 338 valence electrons. The van der Waals surface area contributed by atoms with Crippen molar-refractivity contribution in [1.29, 1.82) is 0 Å².